The maximum atomic E-state index is 12.5. The second-order valence-corrected chi connectivity index (χ2v) is 7.64. The van der Waals surface area contributed by atoms with Crippen molar-refractivity contribution in [3.05, 3.63) is 29.8 Å². The van der Waals surface area contributed by atoms with Gasteiger partial charge in [-0.3, -0.25) is 4.90 Å². The highest BCUT2D eigenvalue weighted by atomic mass is 35.5. The molecule has 3 N–H and O–H groups in total. The van der Waals surface area contributed by atoms with Crippen molar-refractivity contribution >= 4 is 24.8 Å². The molecule has 1 saturated heterocycles. The van der Waals surface area contributed by atoms with E-state index in [1.165, 1.54) is 12.1 Å². The first-order chi connectivity index (χ1) is 12.2. The van der Waals surface area contributed by atoms with Gasteiger partial charge in [0.2, 0.25) is 0 Å². The van der Waals surface area contributed by atoms with Crippen molar-refractivity contribution in [2.24, 2.45) is 5.73 Å². The largest absolute Gasteiger partial charge is 0.573 e. The summed E-state index contributed by atoms with van der Waals surface area (Å²) in [6.45, 7) is 3.51. The maximum absolute atomic E-state index is 12.5. The van der Waals surface area contributed by atoms with E-state index in [4.69, 9.17) is 5.73 Å². The Morgan fingerprint density at radius 1 is 1.25 bits per heavy atom. The van der Waals surface area contributed by atoms with Crippen LogP contribution in [0.2, 0.25) is 0 Å². The van der Waals surface area contributed by atoms with E-state index in [0.717, 1.165) is 38.8 Å². The third kappa shape index (κ3) is 5.66. The number of nitrogens with zero attached hydrogens (tertiary/aromatic N) is 1. The van der Waals surface area contributed by atoms with E-state index in [1.54, 1.807) is 12.1 Å². The Balaban J connectivity index is 0.00000196. The number of halogens is 5. The normalized spacial score (nSPS) is 29.5. The van der Waals surface area contributed by atoms with E-state index < -0.39 is 12.0 Å². The molecular weight excluding hydrogens is 416 g/mol. The van der Waals surface area contributed by atoms with E-state index in [-0.39, 0.29) is 48.6 Å². The third-order valence-electron chi connectivity index (χ3n) is 5.92. The van der Waals surface area contributed by atoms with Crippen LogP contribution in [0.1, 0.15) is 50.5 Å². The van der Waals surface area contributed by atoms with Gasteiger partial charge in [0.05, 0.1) is 5.60 Å². The number of rotatable bonds is 4. The Labute approximate surface area is 176 Å². The van der Waals surface area contributed by atoms with Gasteiger partial charge in [-0.2, -0.15) is 0 Å². The van der Waals surface area contributed by atoms with Gasteiger partial charge in [-0.25, -0.2) is 0 Å². The first-order valence-electron chi connectivity index (χ1n) is 9.27. The zero-order chi connectivity index (χ0) is 18.9. The molecule has 3 rings (SSSR count). The smallest absolute Gasteiger partial charge is 0.406 e. The molecule has 2 fully saturated rings. The first kappa shape index (κ1) is 25.3. The predicted molar refractivity (Wildman–Crippen MR) is 107 cm³/mol. The Morgan fingerprint density at radius 2 is 1.96 bits per heavy atom. The van der Waals surface area contributed by atoms with Crippen molar-refractivity contribution in [2.75, 3.05) is 13.1 Å². The molecule has 162 valence electrons. The molecule has 0 radical (unpaired) electrons. The second kappa shape index (κ2) is 9.85. The molecule has 1 saturated carbocycles. The molecule has 3 unspecified atom stereocenters. The highest BCUT2D eigenvalue weighted by molar-refractivity contribution is 5.85. The molecule has 4 atom stereocenters. The van der Waals surface area contributed by atoms with Crippen molar-refractivity contribution in [1.82, 2.24) is 4.90 Å². The molecule has 9 heteroatoms. The number of hydrogen-bond acceptors (Lipinski definition) is 4. The van der Waals surface area contributed by atoms with Crippen LogP contribution in [0, 0.1) is 0 Å². The Morgan fingerprint density at radius 3 is 2.57 bits per heavy atom. The molecule has 0 aromatic heterocycles. The number of nitrogens with two attached hydrogens (primary N) is 1. The average Bonchev–Trinajstić information content (AvgIpc) is 2.99. The molecule has 28 heavy (non-hydrogen) atoms. The quantitative estimate of drug-likeness (QED) is 0.728. The summed E-state index contributed by atoms with van der Waals surface area (Å²) >= 11 is 0. The number of alkyl halides is 3. The zero-order valence-electron chi connectivity index (χ0n) is 15.8. The molecule has 1 heterocycles. The standard InChI is InChI=1S/C19H27F3N2O2.2ClH/c1-13(14-5-4-6-16(11-14)26-19(20,21)22)18(25)9-3-2-7-17(18)24-10-8-15(23)12-24;;/h4-6,11,13,15,17,25H,2-3,7-10,12,23H2,1H3;2*1H/t13?,15-,17?,18?;;/m1../s1. The molecule has 0 bridgehead atoms. The van der Waals surface area contributed by atoms with Gasteiger partial charge < -0.3 is 15.6 Å². The van der Waals surface area contributed by atoms with Crippen LogP contribution in [0.4, 0.5) is 13.2 Å². The SMILES string of the molecule is CC(c1cccc(OC(F)(F)F)c1)C1(O)CCCCC1N1CC[C@@H](N)C1.Cl.Cl. The Bertz CT molecular complexity index is 635. The molecule has 2 aliphatic rings. The van der Waals surface area contributed by atoms with Crippen LogP contribution in [-0.2, 0) is 0 Å². The van der Waals surface area contributed by atoms with Gasteiger partial charge >= 0.3 is 6.36 Å². The van der Waals surface area contributed by atoms with Gasteiger partial charge in [0.15, 0.2) is 0 Å². The van der Waals surface area contributed by atoms with Crippen LogP contribution < -0.4 is 10.5 Å². The van der Waals surface area contributed by atoms with Crippen LogP contribution in [0.3, 0.4) is 0 Å². The van der Waals surface area contributed by atoms with E-state index in [2.05, 4.69) is 9.64 Å². The van der Waals surface area contributed by atoms with Crippen LogP contribution in [0.5, 0.6) is 5.75 Å². The van der Waals surface area contributed by atoms with E-state index in [9.17, 15) is 18.3 Å². The van der Waals surface area contributed by atoms with E-state index in [1.807, 2.05) is 6.92 Å². The lowest BCUT2D eigenvalue weighted by Gasteiger charge is -2.48. The summed E-state index contributed by atoms with van der Waals surface area (Å²) in [5.74, 6) is -0.553. The topological polar surface area (TPSA) is 58.7 Å². The van der Waals surface area contributed by atoms with Crippen molar-refractivity contribution in [2.45, 2.75) is 69.0 Å². The van der Waals surface area contributed by atoms with Gasteiger partial charge in [-0.1, -0.05) is 31.9 Å². The molecule has 0 amide bonds. The van der Waals surface area contributed by atoms with Crippen molar-refractivity contribution in [3.63, 3.8) is 0 Å². The number of ether oxygens (including phenoxy) is 1. The van der Waals surface area contributed by atoms with Crippen molar-refractivity contribution in [1.29, 1.82) is 0 Å². The van der Waals surface area contributed by atoms with Crippen molar-refractivity contribution < 1.29 is 23.0 Å². The monoisotopic (exact) mass is 444 g/mol. The van der Waals surface area contributed by atoms with Gasteiger partial charge in [0.1, 0.15) is 5.75 Å². The molecule has 1 aromatic rings. The summed E-state index contributed by atoms with van der Waals surface area (Å²) in [7, 11) is 0. The number of aliphatic hydroxyl groups is 1. The van der Waals surface area contributed by atoms with Gasteiger partial charge in [0, 0.05) is 31.1 Å². The Hall–Kier alpha value is -0.730. The predicted octanol–water partition coefficient (Wildman–Crippen LogP) is 4.24. The van der Waals surface area contributed by atoms with E-state index >= 15 is 0 Å². The summed E-state index contributed by atoms with van der Waals surface area (Å²) in [6, 6.07) is 6.07. The fourth-order valence-electron chi connectivity index (χ4n) is 4.53. The number of likely N-dealkylation sites (tertiary alicyclic amines) is 1. The van der Waals surface area contributed by atoms with Gasteiger partial charge in [0.25, 0.3) is 0 Å². The molecule has 0 spiro atoms. The lowest BCUT2D eigenvalue weighted by atomic mass is 9.70. The fraction of sp³-hybridized carbons (Fsp3) is 0.684. The minimum Gasteiger partial charge on any atom is -0.406 e. The molecule has 1 aliphatic heterocycles. The van der Waals surface area contributed by atoms with Crippen LogP contribution >= 0.6 is 24.8 Å². The van der Waals surface area contributed by atoms with E-state index in [0.29, 0.717) is 12.0 Å². The minimum atomic E-state index is -4.72. The summed E-state index contributed by atoms with van der Waals surface area (Å²) in [4.78, 5) is 2.26. The third-order valence-corrected chi connectivity index (χ3v) is 5.92. The molecule has 1 aromatic carbocycles. The summed E-state index contributed by atoms with van der Waals surface area (Å²) < 4.78 is 41.6. The highest BCUT2D eigenvalue weighted by Crippen LogP contribution is 2.43. The summed E-state index contributed by atoms with van der Waals surface area (Å²) in [5.41, 5.74) is 5.71. The average molecular weight is 445 g/mol. The molecule has 1 aliphatic carbocycles. The highest BCUT2D eigenvalue weighted by Gasteiger charge is 2.47. The van der Waals surface area contributed by atoms with Crippen LogP contribution in [-0.4, -0.2) is 47.1 Å². The lowest BCUT2D eigenvalue weighted by molar-refractivity contribution is -0.274. The second-order valence-electron chi connectivity index (χ2n) is 7.64. The van der Waals surface area contributed by atoms with Crippen LogP contribution in [0.25, 0.3) is 0 Å². The van der Waals surface area contributed by atoms with Gasteiger partial charge in [-0.15, -0.1) is 38.0 Å². The summed E-state index contributed by atoms with van der Waals surface area (Å²) in [6.07, 6.45) is -0.340. The van der Waals surface area contributed by atoms with Gasteiger partial charge in [-0.05, 0) is 37.0 Å². The zero-order valence-corrected chi connectivity index (χ0v) is 17.5. The molecular formula is C19H29Cl2F3N2O2. The number of hydrogen-bond donors (Lipinski definition) is 2. The lowest BCUT2D eigenvalue weighted by Crippen LogP contribution is -2.57. The fourth-order valence-corrected chi connectivity index (χ4v) is 4.53. The summed E-state index contributed by atoms with van der Waals surface area (Å²) in [5, 5.41) is 11.6. The maximum Gasteiger partial charge on any atom is 0.573 e. The Kier molecular flexibility index (Phi) is 8.90. The number of benzene rings is 1. The first-order valence-corrected chi connectivity index (χ1v) is 9.27. The minimum absolute atomic E-state index is 0. The van der Waals surface area contributed by atoms with Crippen LogP contribution in [0.15, 0.2) is 24.3 Å². The van der Waals surface area contributed by atoms with Crippen molar-refractivity contribution in [3.8, 4) is 5.75 Å². The molecule has 4 nitrogen and oxygen atoms in total.